The number of hydrogen-bond donors (Lipinski definition) is 2. The Morgan fingerprint density at radius 2 is 1.14 bits per heavy atom. The van der Waals surface area contributed by atoms with Gasteiger partial charge in [-0.2, -0.15) is 12.6 Å². The summed E-state index contributed by atoms with van der Waals surface area (Å²) in [7, 11) is 0. The van der Waals surface area contributed by atoms with Gasteiger partial charge < -0.3 is 6.53 Å². The van der Waals surface area contributed by atoms with Crippen molar-refractivity contribution in [1.82, 2.24) is 0 Å². The Kier molecular flexibility index (Phi) is 22.6. The molecule has 0 amide bonds. The summed E-state index contributed by atoms with van der Waals surface area (Å²) in [5.74, 6) is -0.784. The molecule has 0 heterocycles. The van der Waals surface area contributed by atoms with Crippen LogP contribution in [0.1, 0.15) is 105 Å². The number of carboxylic acids is 1. The normalized spacial score (nSPS) is 11.9. The van der Waals surface area contributed by atoms with E-state index in [4.69, 9.17) is 5.11 Å². The van der Waals surface area contributed by atoms with Gasteiger partial charge in [-0.05, 0) is 6.42 Å². The van der Waals surface area contributed by atoms with Crippen molar-refractivity contribution >= 4 is 18.6 Å². The summed E-state index contributed by atoms with van der Waals surface area (Å²) in [4.78, 5) is 10.6. The maximum absolute atomic E-state index is 10.6. The minimum Gasteiger partial charge on any atom is -1.00 e. The van der Waals surface area contributed by atoms with Crippen molar-refractivity contribution < 1.29 is 40.9 Å². The number of hydrogen-bond acceptors (Lipinski definition) is 2. The molecule has 0 aromatic heterocycles. The molecule has 1 unspecified atom stereocenters. The van der Waals surface area contributed by atoms with Crippen LogP contribution in [0, 0.1) is 0 Å². The number of aliphatic carboxylic acids is 1. The van der Waals surface area contributed by atoms with Crippen molar-refractivity contribution in [1.29, 1.82) is 0 Å². The van der Waals surface area contributed by atoms with E-state index in [0.29, 0.717) is 6.42 Å². The molecule has 0 aromatic carbocycles. The monoisotopic (exact) mass is 340 g/mol. The van der Waals surface area contributed by atoms with Gasteiger partial charge in [-0.3, -0.25) is 4.79 Å². The van der Waals surface area contributed by atoms with Crippen LogP contribution in [0.5, 0.6) is 0 Å². The van der Waals surface area contributed by atoms with Crippen LogP contribution in [0.15, 0.2) is 0 Å². The minimum atomic E-state index is -0.784. The fourth-order valence-corrected chi connectivity index (χ4v) is 2.84. The van der Waals surface area contributed by atoms with E-state index in [1.807, 2.05) is 0 Å². The van der Waals surface area contributed by atoms with E-state index < -0.39 is 11.2 Å². The number of unbranched alkanes of at least 4 members (excludes halogenated alkanes) is 13. The van der Waals surface area contributed by atoms with Gasteiger partial charge in [-0.1, -0.05) is 96.8 Å². The molecule has 0 aliphatic carbocycles. The molecule has 0 saturated carbocycles. The van der Waals surface area contributed by atoms with Crippen molar-refractivity contribution in [3.8, 4) is 0 Å². The van der Waals surface area contributed by atoms with E-state index in [2.05, 4.69) is 19.6 Å². The zero-order valence-corrected chi connectivity index (χ0v) is 17.9. The molecular weight excluding hydrogens is 303 g/mol. The van der Waals surface area contributed by atoms with Crippen LogP contribution in [-0.4, -0.2) is 16.3 Å². The molecule has 0 bridgehead atoms. The first-order valence-corrected chi connectivity index (χ1v) is 9.61. The molecule has 4 heteroatoms. The van der Waals surface area contributed by atoms with Crippen LogP contribution in [0.2, 0.25) is 0 Å². The predicted octanol–water partition coefficient (Wildman–Crippen LogP) is 3.36. The quantitative estimate of drug-likeness (QED) is 0.257. The molecule has 128 valence electrons. The smallest absolute Gasteiger partial charge is 1.00 e. The fraction of sp³-hybridized carbons (Fsp3) is 0.944. The third kappa shape index (κ3) is 18.9. The Morgan fingerprint density at radius 3 is 1.45 bits per heavy atom. The van der Waals surface area contributed by atoms with Gasteiger partial charge in [0, 0.05) is 0 Å². The molecule has 0 aromatic rings. The van der Waals surface area contributed by atoms with Gasteiger partial charge in [-0.15, -0.1) is 0 Å². The second-order valence-electron chi connectivity index (χ2n) is 6.24. The summed E-state index contributed by atoms with van der Waals surface area (Å²) in [6, 6.07) is 0. The van der Waals surface area contributed by atoms with E-state index in [1.165, 1.54) is 77.0 Å². The van der Waals surface area contributed by atoms with E-state index in [0.717, 1.165) is 12.8 Å². The van der Waals surface area contributed by atoms with Crippen molar-refractivity contribution in [3.05, 3.63) is 0 Å². The number of thiol groups is 1. The fourth-order valence-electron chi connectivity index (χ4n) is 2.66. The minimum absolute atomic E-state index is 0. The second kappa shape index (κ2) is 19.9. The first kappa shape index (κ1) is 25.1. The summed E-state index contributed by atoms with van der Waals surface area (Å²) >= 11 is 4.04. The second-order valence-corrected chi connectivity index (χ2v) is 6.86. The predicted molar refractivity (Wildman–Crippen MR) is 96.5 cm³/mol. The van der Waals surface area contributed by atoms with Gasteiger partial charge in [0.2, 0.25) is 0 Å². The number of carbonyl (C=O) groups is 1. The third-order valence-corrected chi connectivity index (χ3v) is 4.60. The third-order valence-electron chi connectivity index (χ3n) is 4.12. The first-order chi connectivity index (χ1) is 10.2. The molecule has 1 N–H and O–H groups in total. The SMILES string of the molecule is CCCCCCCCCCCCCCCCC(S)C(=O)O.[H-].[Na+]. The van der Waals surface area contributed by atoms with E-state index in [9.17, 15) is 4.79 Å². The van der Waals surface area contributed by atoms with Crippen LogP contribution in [-0.2, 0) is 4.79 Å². The van der Waals surface area contributed by atoms with Crippen LogP contribution in [0.4, 0.5) is 0 Å². The van der Waals surface area contributed by atoms with Gasteiger partial charge in [-0.25, -0.2) is 0 Å². The molecule has 2 nitrogen and oxygen atoms in total. The van der Waals surface area contributed by atoms with Gasteiger partial charge in [0.15, 0.2) is 0 Å². The average molecular weight is 341 g/mol. The topological polar surface area (TPSA) is 37.3 Å². The number of rotatable bonds is 16. The molecule has 0 spiro atoms. The summed E-state index contributed by atoms with van der Waals surface area (Å²) in [5.41, 5.74) is 0. The van der Waals surface area contributed by atoms with E-state index in [-0.39, 0.29) is 31.0 Å². The van der Waals surface area contributed by atoms with Gasteiger partial charge in [0.1, 0.15) is 0 Å². The van der Waals surface area contributed by atoms with E-state index in [1.54, 1.807) is 0 Å². The van der Waals surface area contributed by atoms with Crippen molar-refractivity contribution in [2.24, 2.45) is 0 Å². The maximum Gasteiger partial charge on any atom is 1.00 e. The Labute approximate surface area is 167 Å². The molecule has 22 heavy (non-hydrogen) atoms. The average Bonchev–Trinajstić information content (AvgIpc) is 2.47. The van der Waals surface area contributed by atoms with E-state index >= 15 is 0 Å². The zero-order chi connectivity index (χ0) is 15.8. The van der Waals surface area contributed by atoms with Crippen molar-refractivity contribution in [2.45, 2.75) is 108 Å². The van der Waals surface area contributed by atoms with Crippen LogP contribution in [0.25, 0.3) is 0 Å². The molecule has 0 aliphatic rings. The van der Waals surface area contributed by atoms with Crippen molar-refractivity contribution in [3.63, 3.8) is 0 Å². The molecule has 1 atom stereocenters. The summed E-state index contributed by atoms with van der Waals surface area (Å²) < 4.78 is 0. The van der Waals surface area contributed by atoms with Gasteiger partial charge >= 0.3 is 35.5 Å². The summed E-state index contributed by atoms with van der Waals surface area (Å²) in [5, 5.41) is 8.24. The maximum atomic E-state index is 10.6. The molecule has 0 fully saturated rings. The molecular formula is C18H37NaO2S. The standard InChI is InChI=1S/C18H36O2S.Na.H/c1-2-3-4-5-6-7-8-9-10-11-12-13-14-15-16-17(21)18(19)20;;/h17,21H,2-16H2,1H3,(H,19,20);;/q;+1;-1. The summed E-state index contributed by atoms with van der Waals surface area (Å²) in [6.07, 6.45) is 19.4. The van der Waals surface area contributed by atoms with Crippen LogP contribution < -0.4 is 29.6 Å². The Morgan fingerprint density at radius 1 is 0.818 bits per heavy atom. The number of carboxylic acid groups (broad SMARTS) is 1. The van der Waals surface area contributed by atoms with Crippen LogP contribution in [0.3, 0.4) is 0 Å². The van der Waals surface area contributed by atoms with Crippen molar-refractivity contribution in [2.75, 3.05) is 0 Å². The molecule has 0 rings (SSSR count). The van der Waals surface area contributed by atoms with Gasteiger partial charge in [0.25, 0.3) is 0 Å². The summed E-state index contributed by atoms with van der Waals surface area (Å²) in [6.45, 7) is 2.27. The van der Waals surface area contributed by atoms with Crippen LogP contribution >= 0.6 is 12.6 Å². The Hall–Kier alpha value is 0.820. The molecule has 0 radical (unpaired) electrons. The molecule has 0 saturated heterocycles. The largest absolute Gasteiger partial charge is 1.00 e. The Bertz CT molecular complexity index is 243. The Balaban J connectivity index is -0.00000200. The zero-order valence-electron chi connectivity index (χ0n) is 16.0. The van der Waals surface area contributed by atoms with Gasteiger partial charge in [0.05, 0.1) is 5.25 Å². The first-order valence-electron chi connectivity index (χ1n) is 9.09. The molecule has 0 aliphatic heterocycles.